The van der Waals surface area contributed by atoms with Gasteiger partial charge >= 0.3 is 0 Å². The van der Waals surface area contributed by atoms with E-state index < -0.39 is 5.92 Å². The van der Waals surface area contributed by atoms with Crippen LogP contribution in [-0.4, -0.2) is 48.9 Å². The Morgan fingerprint density at radius 1 is 1.45 bits per heavy atom. The average molecular weight is 271 g/mol. The van der Waals surface area contributed by atoms with E-state index in [9.17, 15) is 10.1 Å². The van der Waals surface area contributed by atoms with Crippen molar-refractivity contribution in [3.05, 3.63) is 35.9 Å². The SMILES string of the molecule is CN(C)C1CCN(C(=O)C(C#N)Cc2ccccc2)C1. The second-order valence-corrected chi connectivity index (χ2v) is 5.56. The van der Waals surface area contributed by atoms with E-state index in [0.29, 0.717) is 12.5 Å². The van der Waals surface area contributed by atoms with E-state index in [-0.39, 0.29) is 5.91 Å². The maximum Gasteiger partial charge on any atom is 0.240 e. The van der Waals surface area contributed by atoms with Gasteiger partial charge in [-0.05, 0) is 32.5 Å². The Morgan fingerprint density at radius 3 is 2.70 bits per heavy atom. The molecule has 2 unspecified atom stereocenters. The van der Waals surface area contributed by atoms with Crippen molar-refractivity contribution in [3.63, 3.8) is 0 Å². The van der Waals surface area contributed by atoms with Gasteiger partial charge in [-0.25, -0.2) is 0 Å². The molecule has 106 valence electrons. The second kappa shape index (κ2) is 6.53. The molecule has 1 amide bonds. The van der Waals surface area contributed by atoms with E-state index in [4.69, 9.17) is 0 Å². The topological polar surface area (TPSA) is 47.3 Å². The van der Waals surface area contributed by atoms with E-state index in [2.05, 4.69) is 11.0 Å². The number of carbonyl (C=O) groups excluding carboxylic acids is 1. The Hall–Kier alpha value is -1.86. The number of amides is 1. The maximum atomic E-state index is 12.4. The highest BCUT2D eigenvalue weighted by Crippen LogP contribution is 2.18. The van der Waals surface area contributed by atoms with Crippen molar-refractivity contribution in [1.82, 2.24) is 9.80 Å². The van der Waals surface area contributed by atoms with Gasteiger partial charge in [0.25, 0.3) is 0 Å². The molecule has 0 aliphatic carbocycles. The molecular weight excluding hydrogens is 250 g/mol. The first kappa shape index (κ1) is 14.5. The third-order valence-electron chi connectivity index (χ3n) is 3.94. The van der Waals surface area contributed by atoms with Crippen LogP contribution in [0.4, 0.5) is 0 Å². The molecule has 0 spiro atoms. The Morgan fingerprint density at radius 2 is 2.15 bits per heavy atom. The molecule has 1 aliphatic heterocycles. The van der Waals surface area contributed by atoms with E-state index in [1.54, 1.807) is 0 Å². The number of hydrogen-bond acceptors (Lipinski definition) is 3. The number of nitrogens with zero attached hydrogens (tertiary/aromatic N) is 3. The predicted octanol–water partition coefficient (Wildman–Crippen LogP) is 1.53. The lowest BCUT2D eigenvalue weighted by Crippen LogP contribution is -2.38. The van der Waals surface area contributed by atoms with Crippen LogP contribution in [0, 0.1) is 17.2 Å². The minimum absolute atomic E-state index is 0.0271. The molecule has 1 aliphatic rings. The fourth-order valence-corrected chi connectivity index (χ4v) is 2.62. The molecule has 4 heteroatoms. The monoisotopic (exact) mass is 271 g/mol. The first-order valence-corrected chi connectivity index (χ1v) is 7.00. The molecule has 1 heterocycles. The molecule has 20 heavy (non-hydrogen) atoms. The lowest BCUT2D eigenvalue weighted by molar-refractivity contribution is -0.132. The molecule has 1 fully saturated rings. The van der Waals surface area contributed by atoms with E-state index in [1.165, 1.54) is 0 Å². The Kier molecular flexibility index (Phi) is 4.75. The summed E-state index contributed by atoms with van der Waals surface area (Å²) < 4.78 is 0. The summed E-state index contributed by atoms with van der Waals surface area (Å²) in [7, 11) is 4.06. The number of hydrogen-bond donors (Lipinski definition) is 0. The molecule has 0 N–H and O–H groups in total. The van der Waals surface area contributed by atoms with E-state index in [0.717, 1.165) is 25.1 Å². The van der Waals surface area contributed by atoms with Crippen molar-refractivity contribution < 1.29 is 4.79 Å². The highest BCUT2D eigenvalue weighted by molar-refractivity contribution is 5.81. The van der Waals surface area contributed by atoms with Gasteiger partial charge in [0.2, 0.25) is 5.91 Å². The standard InChI is InChI=1S/C16H21N3O/c1-18(2)15-8-9-19(12-15)16(20)14(11-17)10-13-6-4-3-5-7-13/h3-7,14-15H,8-10,12H2,1-2H3. The van der Waals surface area contributed by atoms with Gasteiger partial charge in [0.05, 0.1) is 6.07 Å². The minimum Gasteiger partial charge on any atom is -0.340 e. The number of likely N-dealkylation sites (tertiary alicyclic amines) is 1. The molecular formula is C16H21N3O. The lowest BCUT2D eigenvalue weighted by Gasteiger charge is -2.22. The van der Waals surface area contributed by atoms with Crippen LogP contribution in [0.3, 0.4) is 0 Å². The normalized spacial score (nSPS) is 19.9. The molecule has 2 atom stereocenters. The fourth-order valence-electron chi connectivity index (χ4n) is 2.62. The van der Waals surface area contributed by atoms with Crippen LogP contribution in [-0.2, 0) is 11.2 Å². The van der Waals surface area contributed by atoms with Crippen LogP contribution in [0.15, 0.2) is 30.3 Å². The first-order chi connectivity index (χ1) is 9.61. The van der Waals surface area contributed by atoms with E-state index >= 15 is 0 Å². The predicted molar refractivity (Wildman–Crippen MR) is 77.9 cm³/mol. The van der Waals surface area contributed by atoms with Gasteiger partial charge < -0.3 is 9.80 Å². The third kappa shape index (κ3) is 3.37. The van der Waals surface area contributed by atoms with Crippen molar-refractivity contribution in [2.75, 3.05) is 27.2 Å². The van der Waals surface area contributed by atoms with Crippen LogP contribution in [0.1, 0.15) is 12.0 Å². The first-order valence-electron chi connectivity index (χ1n) is 7.00. The van der Waals surface area contributed by atoms with Crippen molar-refractivity contribution in [1.29, 1.82) is 5.26 Å². The largest absolute Gasteiger partial charge is 0.340 e. The number of benzene rings is 1. The zero-order valence-electron chi connectivity index (χ0n) is 12.1. The Bertz CT molecular complexity index is 492. The summed E-state index contributed by atoms with van der Waals surface area (Å²) in [6.45, 7) is 1.49. The maximum absolute atomic E-state index is 12.4. The number of likely N-dealkylation sites (N-methyl/N-ethyl adjacent to an activating group) is 1. The van der Waals surface area contributed by atoms with Crippen LogP contribution in [0.2, 0.25) is 0 Å². The minimum atomic E-state index is -0.571. The summed E-state index contributed by atoms with van der Waals surface area (Å²) in [5.74, 6) is -0.598. The van der Waals surface area contributed by atoms with Gasteiger partial charge in [-0.3, -0.25) is 4.79 Å². The van der Waals surface area contributed by atoms with Gasteiger partial charge in [-0.1, -0.05) is 30.3 Å². The zero-order valence-corrected chi connectivity index (χ0v) is 12.1. The van der Waals surface area contributed by atoms with Crippen LogP contribution in [0.5, 0.6) is 0 Å². The van der Waals surface area contributed by atoms with Crippen molar-refractivity contribution in [2.45, 2.75) is 18.9 Å². The molecule has 1 saturated heterocycles. The smallest absolute Gasteiger partial charge is 0.240 e. The van der Waals surface area contributed by atoms with Crippen molar-refractivity contribution >= 4 is 5.91 Å². The summed E-state index contributed by atoms with van der Waals surface area (Å²) in [6.07, 6.45) is 1.49. The molecule has 0 bridgehead atoms. The summed E-state index contributed by atoms with van der Waals surface area (Å²) in [5, 5.41) is 9.29. The molecule has 1 aromatic carbocycles. The third-order valence-corrected chi connectivity index (χ3v) is 3.94. The molecule has 0 aromatic heterocycles. The van der Waals surface area contributed by atoms with Crippen molar-refractivity contribution in [3.8, 4) is 6.07 Å². The van der Waals surface area contributed by atoms with Gasteiger partial charge in [0, 0.05) is 19.1 Å². The van der Waals surface area contributed by atoms with Crippen molar-refractivity contribution in [2.24, 2.45) is 5.92 Å². The van der Waals surface area contributed by atoms with Gasteiger partial charge in [-0.2, -0.15) is 5.26 Å². The number of nitriles is 1. The number of carbonyl (C=O) groups is 1. The summed E-state index contributed by atoms with van der Waals surface area (Å²) >= 11 is 0. The highest BCUT2D eigenvalue weighted by Gasteiger charge is 2.31. The summed E-state index contributed by atoms with van der Waals surface area (Å²) in [6, 6.07) is 12.3. The average Bonchev–Trinajstić information content (AvgIpc) is 2.95. The lowest BCUT2D eigenvalue weighted by atomic mass is 9.99. The molecule has 0 saturated carbocycles. The van der Waals surface area contributed by atoms with Crippen LogP contribution < -0.4 is 0 Å². The quantitative estimate of drug-likeness (QED) is 0.834. The van der Waals surface area contributed by atoms with E-state index in [1.807, 2.05) is 49.3 Å². The zero-order chi connectivity index (χ0) is 14.5. The fraction of sp³-hybridized carbons (Fsp3) is 0.500. The van der Waals surface area contributed by atoms with Crippen LogP contribution >= 0.6 is 0 Å². The summed E-state index contributed by atoms with van der Waals surface area (Å²) in [5.41, 5.74) is 1.04. The summed E-state index contributed by atoms with van der Waals surface area (Å²) in [4.78, 5) is 16.4. The molecule has 2 rings (SSSR count). The molecule has 1 aromatic rings. The van der Waals surface area contributed by atoms with Gasteiger partial charge in [0.1, 0.15) is 5.92 Å². The molecule has 0 radical (unpaired) electrons. The molecule has 4 nitrogen and oxygen atoms in total. The Labute approximate surface area is 120 Å². The highest BCUT2D eigenvalue weighted by atomic mass is 16.2. The Balaban J connectivity index is 1.98. The van der Waals surface area contributed by atoms with Gasteiger partial charge in [-0.15, -0.1) is 0 Å². The second-order valence-electron chi connectivity index (χ2n) is 5.56. The van der Waals surface area contributed by atoms with Crippen LogP contribution in [0.25, 0.3) is 0 Å². The number of rotatable bonds is 4. The van der Waals surface area contributed by atoms with Gasteiger partial charge in [0.15, 0.2) is 0 Å².